The van der Waals surface area contributed by atoms with E-state index in [4.69, 9.17) is 23.2 Å². The molecule has 0 fully saturated rings. The molecule has 0 aromatic heterocycles. The Balaban J connectivity index is 1.88. The van der Waals surface area contributed by atoms with Gasteiger partial charge in [-0.2, -0.15) is 0 Å². The molecule has 0 radical (unpaired) electrons. The summed E-state index contributed by atoms with van der Waals surface area (Å²) in [6.07, 6.45) is 0. The first-order valence-corrected chi connectivity index (χ1v) is 8.13. The quantitative estimate of drug-likeness (QED) is 0.793. The Morgan fingerprint density at radius 3 is 2.48 bits per heavy atom. The van der Waals surface area contributed by atoms with Crippen molar-refractivity contribution < 1.29 is 4.79 Å². The number of benzene rings is 2. The van der Waals surface area contributed by atoms with E-state index in [0.717, 1.165) is 10.5 Å². The first-order valence-electron chi connectivity index (χ1n) is 6.49. The number of hydrogen-bond acceptors (Lipinski definition) is 2. The number of halogens is 2. The summed E-state index contributed by atoms with van der Waals surface area (Å²) in [4.78, 5) is 13.1. The third-order valence-corrected chi connectivity index (χ3v) is 4.64. The molecule has 2 aromatic rings. The molecule has 1 atom stereocenters. The van der Waals surface area contributed by atoms with Crippen molar-refractivity contribution in [3.05, 3.63) is 64.1 Å². The van der Waals surface area contributed by atoms with Crippen LogP contribution in [0.2, 0.25) is 10.0 Å². The molecule has 2 nitrogen and oxygen atoms in total. The lowest BCUT2D eigenvalue weighted by molar-refractivity contribution is -0.120. The van der Waals surface area contributed by atoms with Crippen LogP contribution in [-0.2, 0) is 11.3 Å². The zero-order chi connectivity index (χ0) is 15.2. The van der Waals surface area contributed by atoms with Gasteiger partial charge in [0.1, 0.15) is 0 Å². The van der Waals surface area contributed by atoms with E-state index in [1.165, 1.54) is 11.8 Å². The van der Waals surface area contributed by atoms with E-state index < -0.39 is 0 Å². The van der Waals surface area contributed by atoms with Gasteiger partial charge in [-0.05, 0) is 42.8 Å². The maximum atomic E-state index is 12.1. The molecule has 2 rings (SSSR count). The van der Waals surface area contributed by atoms with Crippen molar-refractivity contribution in [2.75, 3.05) is 0 Å². The number of carbonyl (C=O) groups excluding carboxylic acids is 1. The second-order valence-corrected chi connectivity index (χ2v) is 6.78. The van der Waals surface area contributed by atoms with Gasteiger partial charge < -0.3 is 5.32 Å². The molecule has 0 saturated heterocycles. The van der Waals surface area contributed by atoms with Crippen LogP contribution in [0.5, 0.6) is 0 Å². The van der Waals surface area contributed by atoms with Gasteiger partial charge in [-0.15, -0.1) is 11.8 Å². The molecule has 0 spiro atoms. The molecular weight excluding hydrogens is 325 g/mol. The topological polar surface area (TPSA) is 29.1 Å². The number of hydrogen-bond donors (Lipinski definition) is 1. The number of nitrogens with one attached hydrogen (secondary N) is 1. The monoisotopic (exact) mass is 339 g/mol. The average Bonchev–Trinajstić information content (AvgIpc) is 2.48. The fourth-order valence-corrected chi connectivity index (χ4v) is 2.96. The Labute approximate surface area is 138 Å². The molecule has 2 aromatic carbocycles. The van der Waals surface area contributed by atoms with Crippen molar-refractivity contribution in [3.63, 3.8) is 0 Å². The molecule has 0 aliphatic carbocycles. The lowest BCUT2D eigenvalue weighted by Crippen LogP contribution is -2.30. The summed E-state index contributed by atoms with van der Waals surface area (Å²) < 4.78 is 0. The lowest BCUT2D eigenvalue weighted by atomic mass is 10.2. The van der Waals surface area contributed by atoms with Gasteiger partial charge in [0.2, 0.25) is 5.91 Å². The highest BCUT2D eigenvalue weighted by Crippen LogP contribution is 2.25. The van der Waals surface area contributed by atoms with Crippen LogP contribution in [0.1, 0.15) is 12.5 Å². The van der Waals surface area contributed by atoms with Gasteiger partial charge in [-0.25, -0.2) is 0 Å². The van der Waals surface area contributed by atoms with Crippen LogP contribution < -0.4 is 5.32 Å². The minimum absolute atomic E-state index is 0.0186. The van der Waals surface area contributed by atoms with Crippen LogP contribution in [0.15, 0.2) is 53.4 Å². The standard InChI is InChI=1S/C16H15Cl2NOS/c1-11(21-14-8-6-13(17)7-9-14)16(20)19-10-12-4-2-3-5-15(12)18/h2-9,11H,10H2,1H3,(H,19,20)/t11-/m0/s1. The van der Waals surface area contributed by atoms with Crippen LogP contribution >= 0.6 is 35.0 Å². The third-order valence-electron chi connectivity index (χ3n) is 2.91. The van der Waals surface area contributed by atoms with Gasteiger partial charge in [-0.3, -0.25) is 4.79 Å². The van der Waals surface area contributed by atoms with Gasteiger partial charge in [0.25, 0.3) is 0 Å². The smallest absolute Gasteiger partial charge is 0.233 e. The van der Waals surface area contributed by atoms with Crippen LogP contribution in [-0.4, -0.2) is 11.2 Å². The third kappa shape index (κ3) is 4.95. The van der Waals surface area contributed by atoms with Crippen molar-refractivity contribution in [1.82, 2.24) is 5.32 Å². The highest BCUT2D eigenvalue weighted by Gasteiger charge is 2.14. The van der Waals surface area contributed by atoms with E-state index in [9.17, 15) is 4.79 Å². The summed E-state index contributed by atoms with van der Waals surface area (Å²) in [7, 11) is 0. The number of rotatable bonds is 5. The summed E-state index contributed by atoms with van der Waals surface area (Å²) in [5.41, 5.74) is 0.913. The fourth-order valence-electron chi connectivity index (χ4n) is 1.74. The Morgan fingerprint density at radius 1 is 1.14 bits per heavy atom. The lowest BCUT2D eigenvalue weighted by Gasteiger charge is -2.12. The normalized spacial score (nSPS) is 12.0. The summed E-state index contributed by atoms with van der Waals surface area (Å²) in [5, 5.41) is 4.07. The zero-order valence-electron chi connectivity index (χ0n) is 11.5. The molecular formula is C16H15Cl2NOS. The predicted octanol–water partition coefficient (Wildman–Crippen LogP) is 4.79. The highest BCUT2D eigenvalue weighted by atomic mass is 35.5. The molecule has 1 amide bonds. The van der Waals surface area contributed by atoms with E-state index in [1.807, 2.05) is 55.5 Å². The van der Waals surface area contributed by atoms with Crippen molar-refractivity contribution in [3.8, 4) is 0 Å². The van der Waals surface area contributed by atoms with Gasteiger partial charge in [0, 0.05) is 21.5 Å². The molecule has 5 heteroatoms. The fraction of sp³-hybridized carbons (Fsp3) is 0.188. The molecule has 0 unspecified atom stereocenters. The minimum Gasteiger partial charge on any atom is -0.351 e. The Morgan fingerprint density at radius 2 is 1.81 bits per heavy atom. The van der Waals surface area contributed by atoms with Gasteiger partial charge in [0.15, 0.2) is 0 Å². The van der Waals surface area contributed by atoms with Crippen molar-refractivity contribution in [2.45, 2.75) is 23.6 Å². The van der Waals surface area contributed by atoms with Crippen molar-refractivity contribution >= 4 is 40.9 Å². The minimum atomic E-state index is -0.186. The summed E-state index contributed by atoms with van der Waals surface area (Å²) in [6, 6.07) is 14.9. The van der Waals surface area contributed by atoms with Crippen LogP contribution in [0.3, 0.4) is 0 Å². The first-order chi connectivity index (χ1) is 10.1. The summed E-state index contributed by atoms with van der Waals surface area (Å²) >= 11 is 13.4. The Hall–Kier alpha value is -1.16. The largest absolute Gasteiger partial charge is 0.351 e. The van der Waals surface area contributed by atoms with E-state index in [1.54, 1.807) is 0 Å². The summed E-state index contributed by atoms with van der Waals surface area (Å²) in [5.74, 6) is -0.0186. The Kier molecular flexibility index (Phi) is 5.97. The van der Waals surface area contributed by atoms with Crippen molar-refractivity contribution in [1.29, 1.82) is 0 Å². The van der Waals surface area contributed by atoms with Gasteiger partial charge in [-0.1, -0.05) is 41.4 Å². The number of carbonyl (C=O) groups is 1. The maximum Gasteiger partial charge on any atom is 0.233 e. The molecule has 0 aliphatic heterocycles. The maximum absolute atomic E-state index is 12.1. The van der Waals surface area contributed by atoms with E-state index in [-0.39, 0.29) is 11.2 Å². The molecule has 0 bridgehead atoms. The van der Waals surface area contributed by atoms with Crippen LogP contribution in [0.4, 0.5) is 0 Å². The molecule has 110 valence electrons. The predicted molar refractivity (Wildman–Crippen MR) is 90.1 cm³/mol. The second kappa shape index (κ2) is 7.74. The van der Waals surface area contributed by atoms with Crippen LogP contribution in [0, 0.1) is 0 Å². The number of amides is 1. The average molecular weight is 340 g/mol. The van der Waals surface area contributed by atoms with E-state index in [2.05, 4.69) is 5.32 Å². The van der Waals surface area contributed by atoms with Gasteiger partial charge in [0.05, 0.1) is 5.25 Å². The van der Waals surface area contributed by atoms with E-state index >= 15 is 0 Å². The molecule has 21 heavy (non-hydrogen) atoms. The second-order valence-electron chi connectivity index (χ2n) is 4.52. The van der Waals surface area contributed by atoms with Crippen molar-refractivity contribution in [2.24, 2.45) is 0 Å². The molecule has 0 aliphatic rings. The first kappa shape index (κ1) is 16.2. The molecule has 0 saturated carbocycles. The van der Waals surface area contributed by atoms with Crippen LogP contribution in [0.25, 0.3) is 0 Å². The molecule has 0 heterocycles. The van der Waals surface area contributed by atoms with Gasteiger partial charge >= 0.3 is 0 Å². The SMILES string of the molecule is C[C@H](Sc1ccc(Cl)cc1)C(=O)NCc1ccccc1Cl. The molecule has 1 N–H and O–H groups in total. The highest BCUT2D eigenvalue weighted by molar-refractivity contribution is 8.00. The zero-order valence-corrected chi connectivity index (χ0v) is 13.8. The van der Waals surface area contributed by atoms with E-state index in [0.29, 0.717) is 16.6 Å². The number of thioether (sulfide) groups is 1. The summed E-state index contributed by atoms with van der Waals surface area (Å²) in [6.45, 7) is 2.31. The Bertz CT molecular complexity index is 616.